The monoisotopic (exact) mass is 315 g/mol. The number of hydrogen-bond donors (Lipinski definition) is 1. The Labute approximate surface area is 133 Å². The molecule has 0 atom stereocenters. The maximum absolute atomic E-state index is 12.3. The molecule has 0 aliphatic carbocycles. The second kappa shape index (κ2) is 6.27. The Kier molecular flexibility index (Phi) is 4.20. The number of anilines is 1. The molecular formula is C16H17N3O2S. The summed E-state index contributed by atoms with van der Waals surface area (Å²) in [5.41, 5.74) is 1.55. The summed E-state index contributed by atoms with van der Waals surface area (Å²) in [5.74, 6) is 0.0112. The Hall–Kier alpha value is -2.21. The van der Waals surface area contributed by atoms with E-state index in [9.17, 15) is 9.59 Å². The average molecular weight is 315 g/mol. The van der Waals surface area contributed by atoms with Gasteiger partial charge in [0.15, 0.2) is 5.13 Å². The van der Waals surface area contributed by atoms with E-state index in [1.165, 1.54) is 11.3 Å². The van der Waals surface area contributed by atoms with Crippen LogP contribution in [0.5, 0.6) is 0 Å². The molecule has 6 heteroatoms. The first-order valence-corrected chi connectivity index (χ1v) is 8.04. The summed E-state index contributed by atoms with van der Waals surface area (Å²) in [4.78, 5) is 31.0. The van der Waals surface area contributed by atoms with Crippen molar-refractivity contribution in [3.8, 4) is 0 Å². The molecule has 2 aromatic rings. The molecule has 1 aliphatic rings. The van der Waals surface area contributed by atoms with E-state index < -0.39 is 0 Å². The van der Waals surface area contributed by atoms with Crippen molar-refractivity contribution in [1.29, 1.82) is 0 Å². The van der Waals surface area contributed by atoms with Crippen LogP contribution in [0.25, 0.3) is 0 Å². The van der Waals surface area contributed by atoms with Crippen LogP contribution in [0.1, 0.15) is 33.6 Å². The zero-order valence-electron chi connectivity index (χ0n) is 12.3. The Morgan fingerprint density at radius 1 is 1.45 bits per heavy atom. The molecule has 2 amide bonds. The Bertz CT molecular complexity index is 711. The van der Waals surface area contributed by atoms with Gasteiger partial charge in [-0.25, -0.2) is 4.98 Å². The lowest BCUT2D eigenvalue weighted by Crippen LogP contribution is -2.24. The van der Waals surface area contributed by atoms with Gasteiger partial charge in [-0.05, 0) is 31.0 Å². The predicted octanol–water partition coefficient (Wildman–Crippen LogP) is 2.83. The fourth-order valence-electron chi connectivity index (χ4n) is 2.48. The van der Waals surface area contributed by atoms with E-state index in [0.29, 0.717) is 23.7 Å². The molecule has 3 rings (SSSR count). The third-order valence-electron chi connectivity index (χ3n) is 3.58. The molecular weight excluding hydrogens is 298 g/mol. The third kappa shape index (κ3) is 3.33. The summed E-state index contributed by atoms with van der Waals surface area (Å²) >= 11 is 1.45. The van der Waals surface area contributed by atoms with E-state index in [4.69, 9.17) is 0 Å². The highest BCUT2D eigenvalue weighted by atomic mass is 32.1. The molecule has 114 valence electrons. The minimum Gasteiger partial charge on any atom is -0.338 e. The molecule has 0 spiro atoms. The van der Waals surface area contributed by atoms with Gasteiger partial charge in [0.05, 0.1) is 0 Å². The van der Waals surface area contributed by atoms with Crippen LogP contribution in [0.2, 0.25) is 0 Å². The van der Waals surface area contributed by atoms with Gasteiger partial charge in [0.2, 0.25) is 5.91 Å². The first kappa shape index (κ1) is 14.7. The first-order chi connectivity index (χ1) is 10.6. The number of nitrogens with zero attached hydrogens (tertiary/aromatic N) is 2. The summed E-state index contributed by atoms with van der Waals surface area (Å²) in [7, 11) is 0. The van der Waals surface area contributed by atoms with Gasteiger partial charge < -0.3 is 4.90 Å². The Morgan fingerprint density at radius 2 is 2.32 bits per heavy atom. The topological polar surface area (TPSA) is 62.3 Å². The molecule has 0 saturated carbocycles. The molecule has 1 fully saturated rings. The van der Waals surface area contributed by atoms with E-state index in [-0.39, 0.29) is 11.8 Å². The second-order valence-corrected chi connectivity index (χ2v) is 6.58. The number of nitrogens with one attached hydrogen (secondary N) is 1. The summed E-state index contributed by atoms with van der Waals surface area (Å²) in [6.45, 7) is 3.31. The van der Waals surface area contributed by atoms with E-state index in [0.717, 1.165) is 23.4 Å². The fraction of sp³-hybridized carbons (Fsp3) is 0.312. The highest BCUT2D eigenvalue weighted by molar-refractivity contribution is 7.15. The predicted molar refractivity (Wildman–Crippen MR) is 85.9 cm³/mol. The van der Waals surface area contributed by atoms with Crippen molar-refractivity contribution in [1.82, 2.24) is 9.88 Å². The van der Waals surface area contributed by atoms with Crippen molar-refractivity contribution in [2.45, 2.75) is 26.3 Å². The lowest BCUT2D eigenvalue weighted by atomic mass is 10.1. The van der Waals surface area contributed by atoms with Crippen LogP contribution in [-0.4, -0.2) is 28.2 Å². The van der Waals surface area contributed by atoms with Gasteiger partial charge in [0.1, 0.15) is 0 Å². The number of benzene rings is 1. The van der Waals surface area contributed by atoms with Crippen molar-refractivity contribution in [2.75, 3.05) is 11.9 Å². The molecule has 0 unspecified atom stereocenters. The largest absolute Gasteiger partial charge is 0.338 e. The van der Waals surface area contributed by atoms with E-state index in [2.05, 4.69) is 10.3 Å². The maximum Gasteiger partial charge on any atom is 0.257 e. The van der Waals surface area contributed by atoms with Crippen LogP contribution < -0.4 is 5.32 Å². The molecule has 22 heavy (non-hydrogen) atoms. The molecule has 0 radical (unpaired) electrons. The molecule has 1 N–H and O–H groups in total. The molecule has 1 aromatic heterocycles. The molecule has 2 heterocycles. The number of carbonyl (C=O) groups is 2. The first-order valence-electron chi connectivity index (χ1n) is 7.22. The molecule has 1 aromatic carbocycles. The highest BCUT2D eigenvalue weighted by Gasteiger charge is 2.20. The van der Waals surface area contributed by atoms with Crippen molar-refractivity contribution in [3.63, 3.8) is 0 Å². The van der Waals surface area contributed by atoms with Crippen molar-refractivity contribution in [2.24, 2.45) is 0 Å². The number of thiazole rings is 1. The Balaban J connectivity index is 1.70. The summed E-state index contributed by atoms with van der Waals surface area (Å²) in [6, 6.07) is 7.39. The number of carbonyl (C=O) groups excluding carboxylic acids is 2. The maximum atomic E-state index is 12.3. The Morgan fingerprint density at radius 3 is 3.00 bits per heavy atom. The summed E-state index contributed by atoms with van der Waals surface area (Å²) in [6.07, 6.45) is 3.28. The van der Waals surface area contributed by atoms with Crippen LogP contribution in [-0.2, 0) is 11.3 Å². The van der Waals surface area contributed by atoms with Crippen LogP contribution in [0, 0.1) is 6.92 Å². The van der Waals surface area contributed by atoms with Gasteiger partial charge in [-0.2, -0.15) is 0 Å². The minimum atomic E-state index is -0.177. The SMILES string of the molecule is Cc1cnc(NC(=O)c2cccc(CN3CCCC3=O)c2)s1. The normalized spacial score (nSPS) is 14.4. The number of hydrogen-bond acceptors (Lipinski definition) is 4. The van der Waals surface area contributed by atoms with Crippen LogP contribution in [0.3, 0.4) is 0 Å². The van der Waals surface area contributed by atoms with Crippen molar-refractivity contribution in [3.05, 3.63) is 46.5 Å². The third-order valence-corrected chi connectivity index (χ3v) is 4.40. The molecule has 1 saturated heterocycles. The van der Waals surface area contributed by atoms with Crippen LogP contribution in [0.4, 0.5) is 5.13 Å². The second-order valence-electron chi connectivity index (χ2n) is 5.35. The zero-order valence-corrected chi connectivity index (χ0v) is 13.2. The number of aromatic nitrogens is 1. The van der Waals surface area contributed by atoms with Gasteiger partial charge in [-0.15, -0.1) is 11.3 Å². The average Bonchev–Trinajstić information content (AvgIpc) is 3.08. The molecule has 1 aliphatic heterocycles. The number of rotatable bonds is 4. The fourth-order valence-corrected chi connectivity index (χ4v) is 3.14. The zero-order chi connectivity index (χ0) is 15.5. The van der Waals surface area contributed by atoms with Crippen LogP contribution >= 0.6 is 11.3 Å². The quantitative estimate of drug-likeness (QED) is 0.943. The van der Waals surface area contributed by atoms with Gasteiger partial charge >= 0.3 is 0 Å². The standard InChI is InChI=1S/C16H17N3O2S/c1-11-9-17-16(22-11)18-15(21)13-5-2-4-12(8-13)10-19-7-3-6-14(19)20/h2,4-5,8-9H,3,6-7,10H2,1H3,(H,17,18,21). The van der Waals surface area contributed by atoms with Crippen molar-refractivity contribution < 1.29 is 9.59 Å². The summed E-state index contributed by atoms with van der Waals surface area (Å²) in [5, 5.41) is 3.40. The number of amides is 2. The number of aryl methyl sites for hydroxylation is 1. The van der Waals surface area contributed by atoms with E-state index >= 15 is 0 Å². The minimum absolute atomic E-state index is 0.177. The molecule has 5 nitrogen and oxygen atoms in total. The van der Waals surface area contributed by atoms with Gasteiger partial charge in [0.25, 0.3) is 5.91 Å². The molecule has 0 bridgehead atoms. The van der Waals surface area contributed by atoms with Gasteiger partial charge in [0, 0.05) is 36.1 Å². The van der Waals surface area contributed by atoms with Gasteiger partial charge in [-0.3, -0.25) is 14.9 Å². The number of likely N-dealkylation sites (tertiary alicyclic amines) is 1. The van der Waals surface area contributed by atoms with Gasteiger partial charge in [-0.1, -0.05) is 12.1 Å². The van der Waals surface area contributed by atoms with Crippen molar-refractivity contribution >= 4 is 28.3 Å². The highest BCUT2D eigenvalue weighted by Crippen LogP contribution is 2.19. The smallest absolute Gasteiger partial charge is 0.257 e. The van der Waals surface area contributed by atoms with E-state index in [1.807, 2.05) is 30.0 Å². The summed E-state index contributed by atoms with van der Waals surface area (Å²) < 4.78 is 0. The van der Waals surface area contributed by atoms with E-state index in [1.54, 1.807) is 12.3 Å². The van der Waals surface area contributed by atoms with Crippen LogP contribution in [0.15, 0.2) is 30.5 Å². The lowest BCUT2D eigenvalue weighted by Gasteiger charge is -2.15. The lowest BCUT2D eigenvalue weighted by molar-refractivity contribution is -0.128.